The second-order valence-corrected chi connectivity index (χ2v) is 6.47. The lowest BCUT2D eigenvalue weighted by Crippen LogP contribution is -2.42. The molecule has 1 heterocycles. The zero-order valence-electron chi connectivity index (χ0n) is 12.4. The molecule has 1 amide bonds. The molecule has 2 aliphatic rings. The van der Waals surface area contributed by atoms with Crippen LogP contribution in [0.25, 0.3) is 0 Å². The summed E-state index contributed by atoms with van der Waals surface area (Å²) in [5, 5.41) is 9.68. The first kappa shape index (κ1) is 15.3. The molecule has 0 atom stereocenters. The number of carbonyl (C=O) groups is 2. The Balaban J connectivity index is 2.02. The van der Waals surface area contributed by atoms with Crippen molar-refractivity contribution in [2.24, 2.45) is 5.41 Å². The van der Waals surface area contributed by atoms with E-state index in [-0.39, 0.29) is 12.3 Å². The molecule has 0 radical (unpaired) electrons. The number of piperidine rings is 1. The minimum atomic E-state index is -0.797. The first-order valence-corrected chi connectivity index (χ1v) is 8.15. The van der Waals surface area contributed by atoms with Gasteiger partial charge in [-0.25, -0.2) is 0 Å². The highest BCUT2D eigenvalue weighted by Gasteiger charge is 2.41. The van der Waals surface area contributed by atoms with Gasteiger partial charge < -0.3 is 10.0 Å². The highest BCUT2D eigenvalue weighted by molar-refractivity contribution is 5.85. The zero-order valence-corrected chi connectivity index (χ0v) is 12.4. The van der Waals surface area contributed by atoms with Crippen LogP contribution in [-0.2, 0) is 9.59 Å². The number of rotatable bonds is 3. The summed E-state index contributed by atoms with van der Waals surface area (Å²) < 4.78 is 0. The Kier molecular flexibility index (Phi) is 5.44. The average Bonchev–Trinajstić information content (AvgIpc) is 2.42. The van der Waals surface area contributed by atoms with Gasteiger partial charge in [0.25, 0.3) is 0 Å². The maximum atomic E-state index is 12.4. The molecule has 114 valence electrons. The van der Waals surface area contributed by atoms with E-state index in [4.69, 9.17) is 0 Å². The van der Waals surface area contributed by atoms with E-state index in [1.165, 1.54) is 12.8 Å². The van der Waals surface area contributed by atoms with E-state index in [1.54, 1.807) is 0 Å². The maximum Gasteiger partial charge on any atom is 0.310 e. The molecule has 2 fully saturated rings. The quantitative estimate of drug-likeness (QED) is 0.864. The van der Waals surface area contributed by atoms with Gasteiger partial charge >= 0.3 is 5.97 Å². The molecule has 1 saturated heterocycles. The monoisotopic (exact) mass is 281 g/mol. The van der Waals surface area contributed by atoms with Gasteiger partial charge in [0.1, 0.15) is 0 Å². The molecular weight excluding hydrogens is 254 g/mol. The van der Waals surface area contributed by atoms with Crippen molar-refractivity contribution in [3.8, 4) is 0 Å². The minimum absolute atomic E-state index is 0.0627. The molecule has 4 nitrogen and oxygen atoms in total. The first-order chi connectivity index (χ1) is 9.64. The van der Waals surface area contributed by atoms with Crippen LogP contribution in [0.2, 0.25) is 0 Å². The number of carboxylic acids is 1. The van der Waals surface area contributed by atoms with Crippen molar-refractivity contribution >= 4 is 11.9 Å². The van der Waals surface area contributed by atoms with Crippen molar-refractivity contribution in [3.63, 3.8) is 0 Å². The molecule has 0 aromatic rings. The largest absolute Gasteiger partial charge is 0.481 e. The van der Waals surface area contributed by atoms with Crippen molar-refractivity contribution in [1.82, 2.24) is 4.90 Å². The van der Waals surface area contributed by atoms with E-state index in [0.717, 1.165) is 51.6 Å². The lowest BCUT2D eigenvalue weighted by atomic mass is 9.73. The standard InChI is InChI=1S/C16H27NO3/c18-14(17-11-7-4-8-12-17)13-16(15(19)20)9-5-2-1-3-6-10-16/h1-13H2,(H,19,20). The van der Waals surface area contributed by atoms with Crippen molar-refractivity contribution in [1.29, 1.82) is 0 Å². The van der Waals surface area contributed by atoms with E-state index >= 15 is 0 Å². The highest BCUT2D eigenvalue weighted by Crippen LogP contribution is 2.38. The number of amides is 1. The van der Waals surface area contributed by atoms with E-state index < -0.39 is 11.4 Å². The van der Waals surface area contributed by atoms with Gasteiger partial charge in [0.15, 0.2) is 0 Å². The Morgan fingerprint density at radius 1 is 0.850 bits per heavy atom. The van der Waals surface area contributed by atoms with Gasteiger partial charge in [-0.1, -0.05) is 32.1 Å². The molecule has 20 heavy (non-hydrogen) atoms. The lowest BCUT2D eigenvalue weighted by molar-refractivity contribution is -0.155. The van der Waals surface area contributed by atoms with E-state index in [1.807, 2.05) is 4.90 Å². The fourth-order valence-electron chi connectivity index (χ4n) is 3.59. The third kappa shape index (κ3) is 3.74. The molecule has 0 spiro atoms. The normalized spacial score (nSPS) is 23.7. The molecule has 1 saturated carbocycles. The van der Waals surface area contributed by atoms with Gasteiger partial charge in [0.2, 0.25) is 5.91 Å². The zero-order chi connectivity index (χ0) is 14.4. The van der Waals surface area contributed by atoms with E-state index in [0.29, 0.717) is 12.8 Å². The first-order valence-electron chi connectivity index (χ1n) is 8.15. The van der Waals surface area contributed by atoms with Crippen molar-refractivity contribution in [3.05, 3.63) is 0 Å². The highest BCUT2D eigenvalue weighted by atomic mass is 16.4. The Labute approximate surface area is 121 Å². The van der Waals surface area contributed by atoms with Crippen LogP contribution < -0.4 is 0 Å². The number of carboxylic acid groups (broad SMARTS) is 1. The third-order valence-corrected chi connectivity index (χ3v) is 4.96. The predicted molar refractivity (Wildman–Crippen MR) is 77.4 cm³/mol. The summed E-state index contributed by atoms with van der Waals surface area (Å²) in [4.78, 5) is 26.1. The molecule has 4 heteroatoms. The van der Waals surface area contributed by atoms with Gasteiger partial charge in [0.05, 0.1) is 5.41 Å². The lowest BCUT2D eigenvalue weighted by Gasteiger charge is -2.34. The van der Waals surface area contributed by atoms with Gasteiger partial charge in [-0.15, -0.1) is 0 Å². The summed E-state index contributed by atoms with van der Waals surface area (Å²) >= 11 is 0. The minimum Gasteiger partial charge on any atom is -0.481 e. The van der Waals surface area contributed by atoms with Crippen molar-refractivity contribution in [2.75, 3.05) is 13.1 Å². The summed E-state index contributed by atoms with van der Waals surface area (Å²) in [6.45, 7) is 1.63. The fraction of sp³-hybridized carbons (Fsp3) is 0.875. The molecule has 0 aromatic carbocycles. The van der Waals surface area contributed by atoms with Crippen LogP contribution in [0.15, 0.2) is 0 Å². The van der Waals surface area contributed by atoms with Gasteiger partial charge in [-0.05, 0) is 32.1 Å². The average molecular weight is 281 g/mol. The smallest absolute Gasteiger partial charge is 0.310 e. The number of nitrogens with zero attached hydrogens (tertiary/aromatic N) is 1. The predicted octanol–water partition coefficient (Wildman–Crippen LogP) is 3.20. The maximum absolute atomic E-state index is 12.4. The summed E-state index contributed by atoms with van der Waals surface area (Å²) in [5.41, 5.74) is -0.797. The summed E-state index contributed by atoms with van der Waals surface area (Å²) in [6.07, 6.45) is 10.2. The molecule has 1 N–H and O–H groups in total. The molecule has 1 aliphatic carbocycles. The van der Waals surface area contributed by atoms with Crippen LogP contribution in [0.4, 0.5) is 0 Å². The Morgan fingerprint density at radius 3 is 1.90 bits per heavy atom. The van der Waals surface area contributed by atoms with Crippen LogP contribution >= 0.6 is 0 Å². The van der Waals surface area contributed by atoms with E-state index in [9.17, 15) is 14.7 Å². The van der Waals surface area contributed by atoms with E-state index in [2.05, 4.69) is 0 Å². The number of hydrogen-bond donors (Lipinski definition) is 1. The molecular formula is C16H27NO3. The van der Waals surface area contributed by atoms with Crippen LogP contribution in [0.3, 0.4) is 0 Å². The summed E-state index contributed by atoms with van der Waals surface area (Å²) in [7, 11) is 0. The molecule has 0 unspecified atom stereocenters. The van der Waals surface area contributed by atoms with Gasteiger partial charge in [-0.2, -0.15) is 0 Å². The number of carbonyl (C=O) groups excluding carboxylic acids is 1. The number of likely N-dealkylation sites (tertiary alicyclic amines) is 1. The van der Waals surface area contributed by atoms with Crippen LogP contribution in [0.5, 0.6) is 0 Å². The Bertz CT molecular complexity index is 340. The second-order valence-electron chi connectivity index (χ2n) is 6.47. The molecule has 0 aromatic heterocycles. The van der Waals surface area contributed by atoms with Crippen molar-refractivity contribution < 1.29 is 14.7 Å². The Morgan fingerprint density at radius 2 is 1.35 bits per heavy atom. The topological polar surface area (TPSA) is 57.6 Å². The fourth-order valence-corrected chi connectivity index (χ4v) is 3.59. The second kappa shape index (κ2) is 7.09. The third-order valence-electron chi connectivity index (χ3n) is 4.96. The van der Waals surface area contributed by atoms with Gasteiger partial charge in [-0.3, -0.25) is 9.59 Å². The summed E-state index contributed by atoms with van der Waals surface area (Å²) in [6, 6.07) is 0. The summed E-state index contributed by atoms with van der Waals surface area (Å²) in [5.74, 6) is -0.697. The van der Waals surface area contributed by atoms with Crippen LogP contribution in [0, 0.1) is 5.41 Å². The SMILES string of the molecule is O=C(CC1(C(=O)O)CCCCCCC1)N1CCCCC1. The molecule has 0 bridgehead atoms. The Hall–Kier alpha value is -1.06. The van der Waals surface area contributed by atoms with Gasteiger partial charge in [0, 0.05) is 19.5 Å². The van der Waals surface area contributed by atoms with Crippen LogP contribution in [0.1, 0.15) is 70.6 Å². The van der Waals surface area contributed by atoms with Crippen molar-refractivity contribution in [2.45, 2.75) is 70.6 Å². The number of aliphatic carboxylic acids is 1. The number of hydrogen-bond acceptors (Lipinski definition) is 2. The molecule has 2 rings (SSSR count). The molecule has 1 aliphatic heterocycles. The van der Waals surface area contributed by atoms with Crippen LogP contribution in [-0.4, -0.2) is 35.0 Å².